The third-order valence-electron chi connectivity index (χ3n) is 9.37. The quantitative estimate of drug-likeness (QED) is 0.269. The lowest BCUT2D eigenvalue weighted by molar-refractivity contribution is -0.229. The van der Waals surface area contributed by atoms with E-state index < -0.39 is 23.3 Å². The number of carbonyl (C=O) groups excluding carboxylic acids is 1. The van der Waals surface area contributed by atoms with E-state index in [1.807, 2.05) is 20.8 Å². The smallest absolute Gasteiger partial charge is 0.339 e. The zero-order valence-electron chi connectivity index (χ0n) is 24.2. The fourth-order valence-electron chi connectivity index (χ4n) is 6.81. The van der Waals surface area contributed by atoms with Crippen molar-refractivity contribution in [2.75, 3.05) is 0 Å². The number of aliphatic hydroxyl groups is 2. The summed E-state index contributed by atoms with van der Waals surface area (Å²) in [7, 11) is 0. The molecule has 2 aliphatic rings. The molecule has 2 aliphatic heterocycles. The number of rotatable bonds is 13. The van der Waals surface area contributed by atoms with Crippen molar-refractivity contribution in [1.82, 2.24) is 0 Å². The molecule has 0 radical (unpaired) electrons. The number of carboxylic acid groups (broad SMARTS) is 1. The summed E-state index contributed by atoms with van der Waals surface area (Å²) in [6.45, 7) is 10.1. The Morgan fingerprint density at radius 3 is 2.46 bits per heavy atom. The first-order chi connectivity index (χ1) is 18.4. The number of aromatic carboxylic acids is 1. The zero-order valence-corrected chi connectivity index (χ0v) is 24.2. The lowest BCUT2D eigenvalue weighted by Crippen LogP contribution is -2.55. The molecule has 0 spiro atoms. The Bertz CT molecular complexity index is 995. The highest BCUT2D eigenvalue weighted by Gasteiger charge is 2.54. The van der Waals surface area contributed by atoms with Gasteiger partial charge < -0.3 is 29.9 Å². The maximum Gasteiger partial charge on any atom is 0.339 e. The highest BCUT2D eigenvalue weighted by molar-refractivity contribution is 5.92. The van der Waals surface area contributed by atoms with E-state index in [4.69, 9.17) is 9.47 Å². The Labute approximate surface area is 232 Å². The number of Topliss-reactive ketones (excluding diaryl/α,β-unsaturated/α-hetero) is 1. The average Bonchev–Trinajstić information content (AvgIpc) is 3.23. The summed E-state index contributed by atoms with van der Waals surface area (Å²) in [6.07, 6.45) is 3.93. The van der Waals surface area contributed by atoms with E-state index in [1.165, 1.54) is 6.07 Å². The van der Waals surface area contributed by atoms with Gasteiger partial charge in [0, 0.05) is 12.3 Å². The van der Waals surface area contributed by atoms with Crippen molar-refractivity contribution in [2.24, 2.45) is 11.8 Å². The first-order valence-electron chi connectivity index (χ1n) is 14.7. The molecule has 0 bridgehead atoms. The lowest BCUT2D eigenvalue weighted by Gasteiger charge is -2.47. The van der Waals surface area contributed by atoms with Crippen molar-refractivity contribution in [3.8, 4) is 5.75 Å². The van der Waals surface area contributed by atoms with Crippen molar-refractivity contribution < 1.29 is 39.5 Å². The van der Waals surface area contributed by atoms with Gasteiger partial charge in [0.15, 0.2) is 0 Å². The number of benzene rings is 1. The molecule has 39 heavy (non-hydrogen) atoms. The number of phenols is 1. The van der Waals surface area contributed by atoms with Gasteiger partial charge in [-0.3, -0.25) is 4.79 Å². The van der Waals surface area contributed by atoms with Crippen molar-refractivity contribution in [2.45, 2.75) is 134 Å². The molecule has 220 valence electrons. The second kappa shape index (κ2) is 13.1. The molecule has 2 saturated heterocycles. The van der Waals surface area contributed by atoms with Crippen LogP contribution in [-0.2, 0) is 20.7 Å². The molecule has 0 amide bonds. The van der Waals surface area contributed by atoms with Gasteiger partial charge in [-0.2, -0.15) is 0 Å². The highest BCUT2D eigenvalue weighted by Crippen LogP contribution is 2.48. The fourth-order valence-corrected chi connectivity index (χ4v) is 6.81. The number of carboxylic acids is 1. The van der Waals surface area contributed by atoms with Crippen molar-refractivity contribution in [1.29, 1.82) is 0 Å². The van der Waals surface area contributed by atoms with Gasteiger partial charge in [0.25, 0.3) is 0 Å². The second-order valence-electron chi connectivity index (χ2n) is 11.8. The molecule has 0 saturated carbocycles. The van der Waals surface area contributed by atoms with Gasteiger partial charge in [0.1, 0.15) is 17.1 Å². The van der Waals surface area contributed by atoms with Gasteiger partial charge in [0.2, 0.25) is 0 Å². The molecule has 1 aromatic carbocycles. The molecule has 2 heterocycles. The van der Waals surface area contributed by atoms with Crippen LogP contribution in [0.2, 0.25) is 0 Å². The minimum atomic E-state index is -1.19. The molecule has 3 rings (SSSR count). The Morgan fingerprint density at radius 2 is 1.87 bits per heavy atom. The van der Waals surface area contributed by atoms with E-state index in [1.54, 1.807) is 12.1 Å². The zero-order chi connectivity index (χ0) is 29.0. The largest absolute Gasteiger partial charge is 0.507 e. The number of hydrogen-bond donors (Lipinski definition) is 4. The Kier molecular flexibility index (Phi) is 10.6. The molecule has 1 aromatic rings. The van der Waals surface area contributed by atoms with E-state index in [9.17, 15) is 30.0 Å². The van der Waals surface area contributed by atoms with Gasteiger partial charge in [-0.1, -0.05) is 39.8 Å². The van der Waals surface area contributed by atoms with Crippen molar-refractivity contribution in [3.63, 3.8) is 0 Å². The maximum atomic E-state index is 13.4. The van der Waals surface area contributed by atoms with E-state index in [2.05, 4.69) is 13.8 Å². The summed E-state index contributed by atoms with van der Waals surface area (Å²) in [5.41, 5.74) is -0.920. The Hall–Kier alpha value is -2.00. The van der Waals surface area contributed by atoms with E-state index in [0.29, 0.717) is 50.5 Å². The van der Waals surface area contributed by atoms with Crippen molar-refractivity contribution >= 4 is 11.8 Å². The summed E-state index contributed by atoms with van der Waals surface area (Å²) in [5, 5.41) is 40.8. The second-order valence-corrected chi connectivity index (χ2v) is 11.8. The van der Waals surface area contributed by atoms with Crippen LogP contribution in [0.1, 0.15) is 108 Å². The summed E-state index contributed by atoms with van der Waals surface area (Å²) in [4.78, 5) is 24.9. The number of hydrogen-bond acceptors (Lipinski definition) is 7. The number of aliphatic hydroxyl groups excluding tert-OH is 1. The first-order valence-corrected chi connectivity index (χ1v) is 14.7. The summed E-state index contributed by atoms with van der Waals surface area (Å²) >= 11 is 0. The minimum absolute atomic E-state index is 0.0179. The SMILES string of the molecule is CC[C@H](C(=O)C[C@@H](O)CCCc1cccc(O)c1C(=O)O)C1O[C@@](CC)(C2CC[C@@](O)(CC)[C@@H](C)O2)C[C@H]1C. The molecule has 4 N–H and O–H groups in total. The van der Waals surface area contributed by atoms with Crippen LogP contribution in [0.15, 0.2) is 18.2 Å². The van der Waals surface area contributed by atoms with E-state index in [-0.39, 0.29) is 53.7 Å². The monoisotopic (exact) mass is 548 g/mol. The molecule has 8 atom stereocenters. The van der Waals surface area contributed by atoms with Gasteiger partial charge in [-0.05, 0) is 82.3 Å². The molecular weight excluding hydrogens is 500 g/mol. The Balaban J connectivity index is 1.59. The van der Waals surface area contributed by atoms with Crippen molar-refractivity contribution in [3.05, 3.63) is 29.3 Å². The van der Waals surface area contributed by atoms with Crippen LogP contribution in [-0.4, -0.2) is 67.8 Å². The van der Waals surface area contributed by atoms with Crippen LogP contribution < -0.4 is 0 Å². The molecule has 0 aliphatic carbocycles. The van der Waals surface area contributed by atoms with Gasteiger partial charge in [-0.15, -0.1) is 0 Å². The standard InChI is InChI=1S/C31H48O8/c1-6-23(25(34)17-22(32)13-9-11-21-12-10-14-24(33)27(21)29(35)36)28-19(4)18-31(8-3,39-28)26-15-16-30(37,7-2)20(5)38-26/h10,12,14,19-20,22-23,26,28,32-33,37H,6-9,11,13,15-18H2,1-5H3,(H,35,36)/t19-,20-,22+,23-,26?,28?,30+,31-/m1/s1. The predicted octanol–water partition coefficient (Wildman–Crippen LogP) is 5.04. The van der Waals surface area contributed by atoms with Gasteiger partial charge in [0.05, 0.1) is 35.6 Å². The molecule has 2 fully saturated rings. The van der Waals surface area contributed by atoms with Gasteiger partial charge in [-0.25, -0.2) is 4.79 Å². The topological polar surface area (TPSA) is 134 Å². The third-order valence-corrected chi connectivity index (χ3v) is 9.37. The summed E-state index contributed by atoms with van der Waals surface area (Å²) < 4.78 is 13.1. The minimum Gasteiger partial charge on any atom is -0.507 e. The van der Waals surface area contributed by atoms with Crippen LogP contribution in [0.3, 0.4) is 0 Å². The number of ether oxygens (including phenoxy) is 2. The first kappa shape index (κ1) is 31.5. The summed E-state index contributed by atoms with van der Waals surface area (Å²) in [6, 6.07) is 4.60. The molecule has 8 heteroatoms. The van der Waals surface area contributed by atoms with Gasteiger partial charge >= 0.3 is 5.97 Å². The fraction of sp³-hybridized carbons (Fsp3) is 0.742. The number of ketones is 1. The van der Waals surface area contributed by atoms with E-state index >= 15 is 0 Å². The molecular formula is C31H48O8. The highest BCUT2D eigenvalue weighted by atomic mass is 16.6. The third kappa shape index (κ3) is 6.84. The average molecular weight is 549 g/mol. The van der Waals surface area contributed by atoms with Crippen LogP contribution in [0.5, 0.6) is 5.75 Å². The number of carbonyl (C=O) groups is 2. The number of aromatic hydroxyl groups is 1. The van der Waals surface area contributed by atoms with Crippen LogP contribution in [0.25, 0.3) is 0 Å². The normalized spacial score (nSPS) is 32.6. The summed E-state index contributed by atoms with van der Waals surface area (Å²) in [5.74, 6) is -1.66. The lowest BCUT2D eigenvalue weighted by atomic mass is 9.77. The van der Waals surface area contributed by atoms with E-state index in [0.717, 1.165) is 12.8 Å². The maximum absolute atomic E-state index is 13.4. The van der Waals surface area contributed by atoms with Crippen LogP contribution >= 0.6 is 0 Å². The van der Waals surface area contributed by atoms with Crippen LogP contribution in [0, 0.1) is 11.8 Å². The molecule has 0 aromatic heterocycles. The van der Waals surface area contributed by atoms with Crippen LogP contribution in [0.4, 0.5) is 0 Å². The Morgan fingerprint density at radius 1 is 1.15 bits per heavy atom. The number of aryl methyl sites for hydroxylation is 1. The molecule has 2 unspecified atom stereocenters. The predicted molar refractivity (Wildman–Crippen MR) is 148 cm³/mol. The molecule has 8 nitrogen and oxygen atoms in total.